The van der Waals surface area contributed by atoms with E-state index in [0.717, 1.165) is 24.8 Å². The van der Waals surface area contributed by atoms with Crippen LogP contribution in [0.5, 0.6) is 0 Å². The Balaban J connectivity index is 1.97. The molecule has 1 saturated carbocycles. The zero-order valence-corrected chi connectivity index (χ0v) is 14.9. The van der Waals surface area contributed by atoms with Crippen molar-refractivity contribution in [1.29, 1.82) is 0 Å². The normalized spacial score (nSPS) is 20.3. The van der Waals surface area contributed by atoms with Gasteiger partial charge in [-0.1, -0.05) is 19.8 Å². The van der Waals surface area contributed by atoms with E-state index in [1.54, 1.807) is 6.92 Å². The van der Waals surface area contributed by atoms with Gasteiger partial charge in [-0.05, 0) is 51.2 Å². The molecule has 23 heavy (non-hydrogen) atoms. The molecule has 1 aliphatic carbocycles. The monoisotopic (exact) mass is 321 g/mol. The summed E-state index contributed by atoms with van der Waals surface area (Å²) in [7, 11) is 0. The minimum atomic E-state index is -1.10. The van der Waals surface area contributed by atoms with Crippen molar-refractivity contribution in [2.75, 3.05) is 19.6 Å². The average Bonchev–Trinajstić information content (AvgIpc) is 3.12. The van der Waals surface area contributed by atoms with E-state index in [1.807, 2.05) is 26.0 Å². The van der Waals surface area contributed by atoms with Gasteiger partial charge >= 0.3 is 0 Å². The molecule has 1 aromatic rings. The molecule has 1 unspecified atom stereocenters. The van der Waals surface area contributed by atoms with Crippen LogP contribution in [0.4, 0.5) is 0 Å². The Morgan fingerprint density at radius 2 is 2.04 bits per heavy atom. The quantitative estimate of drug-likeness (QED) is 0.556. The van der Waals surface area contributed by atoms with Crippen molar-refractivity contribution < 1.29 is 9.52 Å². The summed E-state index contributed by atoms with van der Waals surface area (Å²) in [6, 6.07) is 3.67. The molecule has 0 bridgehead atoms. The second kappa shape index (κ2) is 7.39. The van der Waals surface area contributed by atoms with E-state index < -0.39 is 5.60 Å². The van der Waals surface area contributed by atoms with Gasteiger partial charge in [0, 0.05) is 13.1 Å². The number of guanidine groups is 1. The van der Waals surface area contributed by atoms with Gasteiger partial charge in [-0.2, -0.15) is 0 Å². The molecule has 1 aliphatic rings. The lowest BCUT2D eigenvalue weighted by atomic mass is 9.89. The van der Waals surface area contributed by atoms with Gasteiger partial charge in [0.2, 0.25) is 0 Å². The van der Waals surface area contributed by atoms with Crippen molar-refractivity contribution in [3.05, 3.63) is 23.7 Å². The Bertz CT molecular complexity index is 528. The molecule has 0 saturated heterocycles. The Kier molecular flexibility index (Phi) is 5.74. The van der Waals surface area contributed by atoms with Crippen LogP contribution in [0, 0.1) is 12.3 Å². The van der Waals surface area contributed by atoms with Crippen LogP contribution in [0.2, 0.25) is 0 Å². The van der Waals surface area contributed by atoms with Gasteiger partial charge in [-0.25, -0.2) is 4.99 Å². The summed E-state index contributed by atoms with van der Waals surface area (Å²) >= 11 is 0. The van der Waals surface area contributed by atoms with Gasteiger partial charge in [-0.3, -0.25) is 0 Å². The van der Waals surface area contributed by atoms with Crippen LogP contribution in [0.3, 0.4) is 0 Å². The molecule has 1 atom stereocenters. The summed E-state index contributed by atoms with van der Waals surface area (Å²) in [5, 5.41) is 17.3. The van der Waals surface area contributed by atoms with E-state index in [0.29, 0.717) is 11.2 Å². The van der Waals surface area contributed by atoms with E-state index >= 15 is 0 Å². The lowest BCUT2D eigenvalue weighted by Crippen LogP contribution is -2.43. The Morgan fingerprint density at radius 3 is 2.61 bits per heavy atom. The number of furan rings is 1. The third-order valence-electron chi connectivity index (χ3n) is 4.65. The number of aliphatic hydroxyl groups is 1. The molecule has 0 spiro atoms. The first-order chi connectivity index (χ1) is 10.8. The molecule has 130 valence electrons. The smallest absolute Gasteiger partial charge is 0.191 e. The van der Waals surface area contributed by atoms with E-state index in [4.69, 9.17) is 4.42 Å². The van der Waals surface area contributed by atoms with Crippen molar-refractivity contribution in [2.24, 2.45) is 10.4 Å². The molecular weight excluding hydrogens is 290 g/mol. The first-order valence-corrected chi connectivity index (χ1v) is 8.66. The average molecular weight is 321 g/mol. The van der Waals surface area contributed by atoms with Crippen LogP contribution < -0.4 is 10.6 Å². The van der Waals surface area contributed by atoms with Crippen LogP contribution in [-0.2, 0) is 5.60 Å². The second-order valence-corrected chi connectivity index (χ2v) is 7.25. The highest BCUT2D eigenvalue weighted by Crippen LogP contribution is 2.36. The van der Waals surface area contributed by atoms with Crippen LogP contribution in [0.15, 0.2) is 21.5 Å². The molecule has 5 heteroatoms. The van der Waals surface area contributed by atoms with E-state index in [-0.39, 0.29) is 6.54 Å². The molecule has 0 aromatic carbocycles. The highest BCUT2D eigenvalue weighted by atomic mass is 16.4. The lowest BCUT2D eigenvalue weighted by molar-refractivity contribution is 0.0428. The maximum atomic E-state index is 10.6. The van der Waals surface area contributed by atoms with Gasteiger partial charge < -0.3 is 20.2 Å². The molecule has 0 radical (unpaired) electrons. The second-order valence-electron chi connectivity index (χ2n) is 7.25. The summed E-state index contributed by atoms with van der Waals surface area (Å²) in [5.41, 5.74) is -0.745. The number of hydrogen-bond donors (Lipinski definition) is 3. The minimum Gasteiger partial charge on any atom is -0.463 e. The third-order valence-corrected chi connectivity index (χ3v) is 4.65. The molecule has 1 aromatic heterocycles. The largest absolute Gasteiger partial charge is 0.463 e. The Morgan fingerprint density at radius 1 is 1.35 bits per heavy atom. The van der Waals surface area contributed by atoms with E-state index in [1.165, 1.54) is 25.7 Å². The highest BCUT2D eigenvalue weighted by molar-refractivity contribution is 5.79. The van der Waals surface area contributed by atoms with Gasteiger partial charge in [-0.15, -0.1) is 0 Å². The fourth-order valence-electron chi connectivity index (χ4n) is 3.08. The van der Waals surface area contributed by atoms with Gasteiger partial charge in [0.05, 0.1) is 6.54 Å². The summed E-state index contributed by atoms with van der Waals surface area (Å²) in [5.74, 6) is 2.10. The summed E-state index contributed by atoms with van der Waals surface area (Å²) in [6.45, 7) is 9.95. The molecular formula is C18H31N3O2. The molecule has 1 heterocycles. The van der Waals surface area contributed by atoms with Crippen molar-refractivity contribution in [1.82, 2.24) is 10.6 Å². The first kappa shape index (κ1) is 17.9. The number of nitrogens with zero attached hydrogens (tertiary/aromatic N) is 1. The number of hydrogen-bond acceptors (Lipinski definition) is 3. The lowest BCUT2D eigenvalue weighted by Gasteiger charge is -2.25. The predicted octanol–water partition coefficient (Wildman–Crippen LogP) is 2.93. The number of nitrogens with one attached hydrogen (secondary N) is 2. The number of aliphatic imine (C=N–C) groups is 1. The molecule has 1 fully saturated rings. The molecule has 0 amide bonds. The fraction of sp³-hybridized carbons (Fsp3) is 0.722. The summed E-state index contributed by atoms with van der Waals surface area (Å²) in [6.07, 6.45) is 5.17. The molecule has 3 N–H and O–H groups in total. The van der Waals surface area contributed by atoms with Gasteiger partial charge in [0.25, 0.3) is 0 Å². The van der Waals surface area contributed by atoms with Crippen molar-refractivity contribution in [2.45, 2.75) is 59.0 Å². The van der Waals surface area contributed by atoms with Crippen molar-refractivity contribution in [3.8, 4) is 0 Å². The standard InChI is InChI=1S/C18H31N3O2/c1-5-19-16(20-12-17(3)10-6-7-11-17)21-13-18(4,22)15-9-8-14(2)23-15/h8-9,22H,5-7,10-13H2,1-4H3,(H2,19,20,21). The van der Waals surface area contributed by atoms with Gasteiger partial charge in [0.1, 0.15) is 17.1 Å². The highest BCUT2D eigenvalue weighted by Gasteiger charge is 2.29. The van der Waals surface area contributed by atoms with E-state index in [9.17, 15) is 5.11 Å². The Hall–Kier alpha value is -1.49. The minimum absolute atomic E-state index is 0.256. The van der Waals surface area contributed by atoms with E-state index in [2.05, 4.69) is 22.5 Å². The van der Waals surface area contributed by atoms with Crippen molar-refractivity contribution in [3.63, 3.8) is 0 Å². The molecule has 5 nitrogen and oxygen atoms in total. The summed E-state index contributed by atoms with van der Waals surface area (Å²) in [4.78, 5) is 4.55. The van der Waals surface area contributed by atoms with Gasteiger partial charge in [0.15, 0.2) is 5.96 Å². The first-order valence-electron chi connectivity index (χ1n) is 8.66. The predicted molar refractivity (Wildman–Crippen MR) is 93.6 cm³/mol. The maximum Gasteiger partial charge on any atom is 0.191 e. The third kappa shape index (κ3) is 4.99. The fourth-order valence-corrected chi connectivity index (χ4v) is 3.08. The van der Waals surface area contributed by atoms with Crippen LogP contribution >= 0.6 is 0 Å². The molecule has 2 rings (SSSR count). The van der Waals surface area contributed by atoms with Crippen LogP contribution in [0.25, 0.3) is 0 Å². The summed E-state index contributed by atoms with van der Waals surface area (Å²) < 4.78 is 5.54. The van der Waals surface area contributed by atoms with Crippen LogP contribution in [0.1, 0.15) is 58.0 Å². The zero-order valence-electron chi connectivity index (χ0n) is 14.9. The number of rotatable bonds is 6. The Labute approximate surface area is 139 Å². The zero-order chi connectivity index (χ0) is 16.9. The maximum absolute atomic E-state index is 10.6. The van der Waals surface area contributed by atoms with Crippen molar-refractivity contribution >= 4 is 5.96 Å². The topological polar surface area (TPSA) is 69.8 Å². The van der Waals surface area contributed by atoms with Crippen LogP contribution in [-0.4, -0.2) is 30.7 Å². The molecule has 0 aliphatic heterocycles. The SMILES string of the molecule is CCNC(=NCC(C)(O)c1ccc(C)o1)NCC1(C)CCCC1. The number of aryl methyl sites for hydroxylation is 1.